The minimum atomic E-state index is -0.136. The Morgan fingerprint density at radius 2 is 1.09 bits per heavy atom. The summed E-state index contributed by atoms with van der Waals surface area (Å²) in [4.78, 5) is 8.31. The van der Waals surface area contributed by atoms with E-state index in [4.69, 9.17) is 0 Å². The average Bonchev–Trinajstić information content (AvgIpc) is 3.60. The van der Waals surface area contributed by atoms with Gasteiger partial charge >= 0.3 is 0 Å². The first kappa shape index (κ1) is 32.1. The molecule has 4 heterocycles. The molecule has 2 saturated carbocycles. The Balaban J connectivity index is 1.21. The van der Waals surface area contributed by atoms with Crippen molar-refractivity contribution in [2.75, 3.05) is 14.7 Å². The Labute approximate surface area is 326 Å². The van der Waals surface area contributed by atoms with E-state index < -0.39 is 0 Å². The summed E-state index contributed by atoms with van der Waals surface area (Å²) >= 11 is 0. The second kappa shape index (κ2) is 11.0. The van der Waals surface area contributed by atoms with Crippen molar-refractivity contribution < 1.29 is 0 Å². The fraction of sp³-hybridized carbons (Fsp3) is 0.294. The number of hydrogen-bond donors (Lipinski definition) is 0. The van der Waals surface area contributed by atoms with Crippen molar-refractivity contribution in [3.63, 3.8) is 0 Å². The lowest BCUT2D eigenvalue weighted by Crippen LogP contribution is -2.65. The van der Waals surface area contributed by atoms with E-state index in [9.17, 15) is 0 Å². The predicted molar refractivity (Wildman–Crippen MR) is 231 cm³/mol. The van der Waals surface area contributed by atoms with Crippen molar-refractivity contribution in [3.05, 3.63) is 156 Å². The summed E-state index contributed by atoms with van der Waals surface area (Å²) in [6.07, 6.45) is 9.76. The monoisotopic (exact) mass is 713 g/mol. The lowest BCUT2D eigenvalue weighted by atomic mass is 9.33. The molecule has 0 aromatic heterocycles. The summed E-state index contributed by atoms with van der Waals surface area (Å²) in [5, 5.41) is 0. The maximum atomic E-state index is 2.91. The first-order chi connectivity index (χ1) is 26.9. The number of fused-ring (bicyclic) bond motifs is 10. The molecular formula is C51H48BN3. The van der Waals surface area contributed by atoms with Crippen molar-refractivity contribution in [2.45, 2.75) is 94.0 Å². The third-order valence-electron chi connectivity index (χ3n) is 15.9. The highest BCUT2D eigenvalue weighted by atomic mass is 15.3. The molecule has 4 atom stereocenters. The van der Waals surface area contributed by atoms with Gasteiger partial charge in [0.15, 0.2) is 0 Å². The fourth-order valence-electron chi connectivity index (χ4n) is 13.3. The van der Waals surface area contributed by atoms with E-state index in [0.29, 0.717) is 0 Å². The topological polar surface area (TPSA) is 9.72 Å². The lowest BCUT2D eigenvalue weighted by molar-refractivity contribution is 0.195. The average molecular weight is 714 g/mol. The van der Waals surface area contributed by atoms with Crippen LogP contribution in [0.1, 0.15) is 88.8 Å². The third kappa shape index (κ3) is 3.75. The zero-order valence-electron chi connectivity index (χ0n) is 32.4. The fourth-order valence-corrected chi connectivity index (χ4v) is 13.3. The summed E-state index contributed by atoms with van der Waals surface area (Å²) in [6.45, 7) is 7.91. The molecule has 55 heavy (non-hydrogen) atoms. The van der Waals surface area contributed by atoms with Gasteiger partial charge in [-0.1, -0.05) is 136 Å². The molecule has 3 nitrogen and oxygen atoms in total. The second-order valence-electron chi connectivity index (χ2n) is 18.1. The van der Waals surface area contributed by atoms with Crippen molar-refractivity contribution in [1.82, 2.24) is 0 Å². The molecule has 0 amide bonds. The van der Waals surface area contributed by atoms with Crippen LogP contribution in [0.5, 0.6) is 0 Å². The van der Waals surface area contributed by atoms with Gasteiger partial charge in [0.2, 0.25) is 0 Å². The quantitative estimate of drug-likeness (QED) is 0.169. The van der Waals surface area contributed by atoms with Crippen LogP contribution in [0.2, 0.25) is 0 Å². The standard InChI is InChI=1S/C51H48BN3/c1-48-29-14-15-30-49(48,2)54(42-27-12-10-23-38(42)48)37-33-44-46-45(34-37)55-47-39(51(35-19-6-4-7-20-35)32-17-16-31-50(51,55)3)24-18-26-41(47)52(46)40-25-11-13-28-43(40)53(44)36-21-8-5-9-22-36/h4-13,18-28,33-34H,14-17,29-32H2,1-3H3. The lowest BCUT2D eigenvalue weighted by Gasteiger charge is -2.54. The van der Waals surface area contributed by atoms with Crippen LogP contribution < -0.4 is 31.1 Å². The van der Waals surface area contributed by atoms with Gasteiger partial charge in [-0.25, -0.2) is 0 Å². The molecule has 6 aromatic carbocycles. The van der Waals surface area contributed by atoms with Crippen LogP contribution in [0.15, 0.2) is 140 Å². The van der Waals surface area contributed by atoms with Crippen molar-refractivity contribution in [1.29, 1.82) is 0 Å². The Morgan fingerprint density at radius 1 is 0.473 bits per heavy atom. The molecule has 4 aliphatic heterocycles. The number of hydrogen-bond acceptors (Lipinski definition) is 3. The minimum Gasteiger partial charge on any atom is -0.335 e. The molecule has 0 radical (unpaired) electrons. The molecule has 6 aromatic rings. The molecule has 0 N–H and O–H groups in total. The SMILES string of the molecule is CC12CCCCC1(C)N(c1cc3c4c(c1)N1c5c(cccc5C5(c6ccccc6)CCCCC15C)B4c1ccccc1N3c1ccccc1)c1ccccc12. The Kier molecular flexibility index (Phi) is 6.39. The van der Waals surface area contributed by atoms with Crippen LogP contribution in [0.3, 0.4) is 0 Å². The highest BCUT2D eigenvalue weighted by Crippen LogP contribution is 2.66. The first-order valence-corrected chi connectivity index (χ1v) is 20.9. The summed E-state index contributed by atoms with van der Waals surface area (Å²) in [6, 6.07) is 54.0. The Bertz CT molecular complexity index is 2550. The van der Waals surface area contributed by atoms with Crippen LogP contribution in [-0.4, -0.2) is 17.8 Å². The maximum Gasteiger partial charge on any atom is 0.252 e. The Hall–Kier alpha value is -5.22. The van der Waals surface area contributed by atoms with E-state index in [2.05, 4.69) is 175 Å². The van der Waals surface area contributed by atoms with Crippen molar-refractivity contribution >= 4 is 62.9 Å². The molecular weight excluding hydrogens is 665 g/mol. The van der Waals surface area contributed by atoms with Crippen molar-refractivity contribution in [3.8, 4) is 0 Å². The van der Waals surface area contributed by atoms with Crippen LogP contribution in [0.25, 0.3) is 0 Å². The number of anilines is 7. The number of nitrogens with zero attached hydrogens (tertiary/aromatic N) is 3. The van der Waals surface area contributed by atoms with Crippen LogP contribution in [0, 0.1) is 0 Å². The molecule has 12 rings (SSSR count). The molecule has 2 fully saturated rings. The smallest absolute Gasteiger partial charge is 0.252 e. The maximum absolute atomic E-state index is 2.91. The van der Waals surface area contributed by atoms with Gasteiger partial charge in [0, 0.05) is 50.6 Å². The summed E-state index contributed by atoms with van der Waals surface area (Å²) in [5.41, 5.74) is 18.0. The van der Waals surface area contributed by atoms with Crippen molar-refractivity contribution in [2.24, 2.45) is 0 Å². The highest BCUT2D eigenvalue weighted by Gasteiger charge is 2.64. The van der Waals surface area contributed by atoms with Crippen LogP contribution in [0.4, 0.5) is 39.8 Å². The minimum absolute atomic E-state index is 0.0370. The normalized spacial score (nSPS) is 27.8. The van der Waals surface area contributed by atoms with E-state index in [1.165, 1.54) is 111 Å². The second-order valence-corrected chi connectivity index (χ2v) is 18.1. The van der Waals surface area contributed by atoms with Gasteiger partial charge in [0.05, 0.1) is 11.1 Å². The summed E-state index contributed by atoms with van der Waals surface area (Å²) < 4.78 is 0. The van der Waals surface area contributed by atoms with E-state index >= 15 is 0 Å². The van der Waals surface area contributed by atoms with Gasteiger partial charge in [0.1, 0.15) is 0 Å². The zero-order valence-corrected chi connectivity index (χ0v) is 32.4. The number of rotatable bonds is 3. The van der Waals surface area contributed by atoms with E-state index in [1.54, 1.807) is 0 Å². The predicted octanol–water partition coefficient (Wildman–Crippen LogP) is 10.8. The molecule has 0 spiro atoms. The first-order valence-electron chi connectivity index (χ1n) is 20.9. The molecule has 0 saturated heterocycles. The highest BCUT2D eigenvalue weighted by molar-refractivity contribution is 7.00. The molecule has 6 aliphatic rings. The molecule has 270 valence electrons. The van der Waals surface area contributed by atoms with Crippen LogP contribution in [-0.2, 0) is 10.8 Å². The van der Waals surface area contributed by atoms with E-state index in [1.807, 2.05) is 0 Å². The van der Waals surface area contributed by atoms with Gasteiger partial charge < -0.3 is 14.7 Å². The van der Waals surface area contributed by atoms with Crippen LogP contribution >= 0.6 is 0 Å². The molecule has 4 heteroatoms. The number of para-hydroxylation sites is 4. The molecule has 4 unspecified atom stereocenters. The van der Waals surface area contributed by atoms with Gasteiger partial charge in [-0.15, -0.1) is 0 Å². The molecule has 2 aliphatic carbocycles. The van der Waals surface area contributed by atoms with E-state index in [-0.39, 0.29) is 28.6 Å². The van der Waals surface area contributed by atoms with Gasteiger partial charge in [-0.05, 0) is 109 Å². The molecule has 0 bridgehead atoms. The largest absolute Gasteiger partial charge is 0.335 e. The van der Waals surface area contributed by atoms with E-state index in [0.717, 1.165) is 12.8 Å². The van der Waals surface area contributed by atoms with Gasteiger partial charge in [-0.2, -0.15) is 0 Å². The van der Waals surface area contributed by atoms with Gasteiger partial charge in [-0.3, -0.25) is 0 Å². The Morgan fingerprint density at radius 3 is 1.91 bits per heavy atom. The summed E-state index contributed by atoms with van der Waals surface area (Å²) in [7, 11) is 0. The number of benzene rings is 6. The summed E-state index contributed by atoms with van der Waals surface area (Å²) in [5.74, 6) is 0. The van der Waals surface area contributed by atoms with Gasteiger partial charge in [0.25, 0.3) is 6.71 Å². The third-order valence-corrected chi connectivity index (χ3v) is 15.9. The zero-order chi connectivity index (χ0) is 36.7.